The summed E-state index contributed by atoms with van der Waals surface area (Å²) in [6.45, 7) is 0. The lowest BCUT2D eigenvalue weighted by Crippen LogP contribution is -2.04. The quantitative estimate of drug-likeness (QED) is 0.726. The summed E-state index contributed by atoms with van der Waals surface area (Å²) in [4.78, 5) is 16.7. The van der Waals surface area contributed by atoms with Crippen molar-refractivity contribution in [1.82, 2.24) is 4.98 Å². The van der Waals surface area contributed by atoms with Crippen LogP contribution in [0.1, 0.15) is 16.1 Å². The number of aromatic nitrogens is 1. The van der Waals surface area contributed by atoms with Crippen LogP contribution in [-0.4, -0.2) is 28.1 Å². The maximum Gasteiger partial charge on any atom is 0.211 e. The Balaban J connectivity index is 2.16. The Morgan fingerprint density at radius 2 is 1.82 bits per heavy atom. The van der Waals surface area contributed by atoms with Crippen molar-refractivity contribution in [3.8, 4) is 17.2 Å². The van der Waals surface area contributed by atoms with Crippen LogP contribution in [0.25, 0.3) is 10.8 Å². The number of methoxy groups -OCH3 is 1. The van der Waals surface area contributed by atoms with Gasteiger partial charge in [-0.1, -0.05) is 0 Å². The Hall–Kier alpha value is -3.08. The summed E-state index contributed by atoms with van der Waals surface area (Å²) in [7, 11) is 1.46. The molecule has 1 heterocycles. The van der Waals surface area contributed by atoms with E-state index in [0.717, 1.165) is 5.39 Å². The fraction of sp³-hybridized carbons (Fsp3) is 0.0588. The van der Waals surface area contributed by atoms with Crippen molar-refractivity contribution >= 4 is 16.6 Å². The van der Waals surface area contributed by atoms with E-state index in [2.05, 4.69) is 4.98 Å². The topological polar surface area (TPSA) is 79.7 Å². The largest absolute Gasteiger partial charge is 0.508 e. The normalized spacial score (nSPS) is 10.6. The number of pyridine rings is 1. The molecule has 0 aliphatic rings. The zero-order valence-electron chi connectivity index (χ0n) is 11.8. The van der Waals surface area contributed by atoms with E-state index in [1.54, 1.807) is 12.1 Å². The maximum absolute atomic E-state index is 12.6. The molecule has 0 unspecified atom stereocenters. The van der Waals surface area contributed by atoms with Gasteiger partial charge in [-0.2, -0.15) is 0 Å². The Labute approximate surface area is 126 Å². The lowest BCUT2D eigenvalue weighted by Gasteiger charge is -2.08. The molecular formula is C17H13NO4. The molecule has 0 radical (unpaired) electrons. The zero-order valence-corrected chi connectivity index (χ0v) is 11.8. The minimum Gasteiger partial charge on any atom is -0.508 e. The summed E-state index contributed by atoms with van der Waals surface area (Å²) in [6.07, 6.45) is 1.53. The van der Waals surface area contributed by atoms with E-state index >= 15 is 0 Å². The van der Waals surface area contributed by atoms with Gasteiger partial charge in [-0.15, -0.1) is 0 Å². The van der Waals surface area contributed by atoms with Crippen LogP contribution in [0.2, 0.25) is 0 Å². The van der Waals surface area contributed by atoms with Gasteiger partial charge < -0.3 is 14.9 Å². The number of hydrogen-bond donors (Lipinski definition) is 2. The van der Waals surface area contributed by atoms with Crippen LogP contribution in [-0.2, 0) is 0 Å². The number of nitrogens with zero attached hydrogens (tertiary/aromatic N) is 1. The third-order valence-electron chi connectivity index (χ3n) is 3.41. The van der Waals surface area contributed by atoms with E-state index in [9.17, 15) is 15.0 Å². The van der Waals surface area contributed by atoms with Gasteiger partial charge in [0.2, 0.25) is 5.78 Å². The Bertz CT molecular complexity index is 856. The number of carbonyl (C=O) groups is 1. The van der Waals surface area contributed by atoms with E-state index in [1.165, 1.54) is 43.6 Å². The fourth-order valence-electron chi connectivity index (χ4n) is 2.28. The molecule has 0 aliphatic carbocycles. The molecule has 2 N–H and O–H groups in total. The number of fused-ring (bicyclic) bond motifs is 1. The lowest BCUT2D eigenvalue weighted by molar-refractivity contribution is 0.103. The van der Waals surface area contributed by atoms with Crippen LogP contribution in [0, 0.1) is 0 Å². The first-order valence-corrected chi connectivity index (χ1v) is 6.59. The van der Waals surface area contributed by atoms with Gasteiger partial charge in [-0.05, 0) is 47.9 Å². The number of phenolic OH excluding ortho intramolecular Hbond substituents is 2. The summed E-state index contributed by atoms with van der Waals surface area (Å²) >= 11 is 0. The van der Waals surface area contributed by atoms with E-state index in [0.29, 0.717) is 16.7 Å². The van der Waals surface area contributed by atoms with Gasteiger partial charge in [0.05, 0.1) is 7.11 Å². The van der Waals surface area contributed by atoms with Crippen molar-refractivity contribution in [1.29, 1.82) is 0 Å². The lowest BCUT2D eigenvalue weighted by atomic mass is 10.0. The van der Waals surface area contributed by atoms with E-state index in [4.69, 9.17) is 4.74 Å². The molecule has 5 nitrogen and oxygen atoms in total. The molecule has 3 rings (SSSR count). The van der Waals surface area contributed by atoms with Gasteiger partial charge in [0, 0.05) is 17.1 Å². The zero-order chi connectivity index (χ0) is 15.7. The molecule has 5 heteroatoms. The third kappa shape index (κ3) is 2.33. The van der Waals surface area contributed by atoms with Gasteiger partial charge in [-0.3, -0.25) is 9.78 Å². The van der Waals surface area contributed by atoms with Crippen LogP contribution in [0.5, 0.6) is 17.2 Å². The fourth-order valence-corrected chi connectivity index (χ4v) is 2.28. The number of benzene rings is 2. The van der Waals surface area contributed by atoms with Gasteiger partial charge in [0.1, 0.15) is 11.4 Å². The number of phenols is 2. The maximum atomic E-state index is 12.6. The molecule has 0 saturated heterocycles. The molecule has 3 aromatic rings. The number of aromatic hydroxyl groups is 2. The first-order valence-electron chi connectivity index (χ1n) is 6.59. The molecule has 110 valence electrons. The monoisotopic (exact) mass is 295 g/mol. The van der Waals surface area contributed by atoms with E-state index in [-0.39, 0.29) is 23.0 Å². The van der Waals surface area contributed by atoms with Gasteiger partial charge in [0.25, 0.3) is 0 Å². The molecular weight excluding hydrogens is 282 g/mol. The molecule has 2 aromatic carbocycles. The number of carbonyl (C=O) groups excluding carboxylic acids is 1. The molecule has 22 heavy (non-hydrogen) atoms. The van der Waals surface area contributed by atoms with Gasteiger partial charge in [0.15, 0.2) is 11.5 Å². The van der Waals surface area contributed by atoms with Crippen LogP contribution in [0.15, 0.2) is 48.7 Å². The summed E-state index contributed by atoms with van der Waals surface area (Å²) in [5.74, 6) is 0.0875. The summed E-state index contributed by atoms with van der Waals surface area (Å²) in [5, 5.41) is 20.5. The standard InChI is InChI=1S/C17H13NO4/c1-22-15-8-11-6-7-18-16(13(11)9-14(15)20)17(21)10-2-4-12(19)5-3-10/h2-9,19-20H,1H3. The van der Waals surface area contributed by atoms with Crippen LogP contribution >= 0.6 is 0 Å². The average Bonchev–Trinajstić information content (AvgIpc) is 2.53. The SMILES string of the molecule is COc1cc2ccnc(C(=O)c3ccc(O)cc3)c2cc1O. The second kappa shape index (κ2) is 5.37. The Kier molecular flexibility index (Phi) is 3.39. The second-order valence-electron chi connectivity index (χ2n) is 4.78. The van der Waals surface area contributed by atoms with Crippen molar-refractivity contribution in [2.24, 2.45) is 0 Å². The van der Waals surface area contributed by atoms with Crippen molar-refractivity contribution < 1.29 is 19.7 Å². The molecule has 0 spiro atoms. The minimum absolute atomic E-state index is 0.0530. The smallest absolute Gasteiger partial charge is 0.211 e. The van der Waals surface area contributed by atoms with Gasteiger partial charge >= 0.3 is 0 Å². The number of ether oxygens (including phenoxy) is 1. The number of rotatable bonds is 3. The molecule has 0 amide bonds. The highest BCUT2D eigenvalue weighted by Crippen LogP contribution is 2.32. The van der Waals surface area contributed by atoms with Crippen molar-refractivity contribution in [2.75, 3.05) is 7.11 Å². The minimum atomic E-state index is -0.282. The predicted molar refractivity (Wildman–Crippen MR) is 81.5 cm³/mol. The molecule has 0 saturated carbocycles. The van der Waals surface area contributed by atoms with E-state index < -0.39 is 0 Å². The number of ketones is 1. The van der Waals surface area contributed by atoms with Crippen molar-refractivity contribution in [2.45, 2.75) is 0 Å². The van der Waals surface area contributed by atoms with Crippen LogP contribution < -0.4 is 4.74 Å². The Morgan fingerprint density at radius 3 is 2.50 bits per heavy atom. The Morgan fingerprint density at radius 1 is 1.09 bits per heavy atom. The highest BCUT2D eigenvalue weighted by molar-refractivity contribution is 6.15. The van der Waals surface area contributed by atoms with Crippen LogP contribution in [0.4, 0.5) is 0 Å². The molecule has 0 aliphatic heterocycles. The van der Waals surface area contributed by atoms with Crippen LogP contribution in [0.3, 0.4) is 0 Å². The first kappa shape index (κ1) is 13.9. The first-order chi connectivity index (χ1) is 10.6. The highest BCUT2D eigenvalue weighted by Gasteiger charge is 2.16. The summed E-state index contributed by atoms with van der Waals surface area (Å²) in [5.41, 5.74) is 0.647. The molecule has 0 bridgehead atoms. The summed E-state index contributed by atoms with van der Waals surface area (Å²) in [6, 6.07) is 10.8. The summed E-state index contributed by atoms with van der Waals surface area (Å²) < 4.78 is 5.07. The molecule has 0 fully saturated rings. The van der Waals surface area contributed by atoms with Gasteiger partial charge in [-0.25, -0.2) is 0 Å². The highest BCUT2D eigenvalue weighted by atomic mass is 16.5. The second-order valence-corrected chi connectivity index (χ2v) is 4.78. The average molecular weight is 295 g/mol. The van der Waals surface area contributed by atoms with Crippen molar-refractivity contribution in [3.05, 3.63) is 59.9 Å². The predicted octanol–water partition coefficient (Wildman–Crippen LogP) is 2.89. The number of hydrogen-bond acceptors (Lipinski definition) is 5. The molecule has 1 aromatic heterocycles. The molecule has 0 atom stereocenters. The van der Waals surface area contributed by atoms with Crippen molar-refractivity contribution in [3.63, 3.8) is 0 Å². The third-order valence-corrected chi connectivity index (χ3v) is 3.41. The van der Waals surface area contributed by atoms with E-state index in [1.807, 2.05) is 0 Å².